The second kappa shape index (κ2) is 8.15. The number of ether oxygens (including phenoxy) is 2. The van der Waals surface area contributed by atoms with Gasteiger partial charge in [0.1, 0.15) is 4.90 Å². The quantitative estimate of drug-likeness (QED) is 0.695. The predicted octanol–water partition coefficient (Wildman–Crippen LogP) is 3.91. The lowest BCUT2D eigenvalue weighted by Gasteiger charge is -2.19. The molecule has 0 aliphatic carbocycles. The zero-order valence-electron chi connectivity index (χ0n) is 13.7. The Morgan fingerprint density at radius 3 is 2.50 bits per heavy atom. The minimum absolute atomic E-state index is 0.0162. The van der Waals surface area contributed by atoms with Crippen LogP contribution in [0.25, 0.3) is 0 Å². The Labute approximate surface area is 153 Å². The van der Waals surface area contributed by atoms with Gasteiger partial charge in [0.05, 0.1) is 12.1 Å². The Kier molecular flexibility index (Phi) is 6.38. The number of rotatable bonds is 7. The van der Waals surface area contributed by atoms with E-state index in [1.165, 1.54) is 44.5 Å². The fourth-order valence-corrected chi connectivity index (χ4v) is 3.67. The van der Waals surface area contributed by atoms with Crippen LogP contribution in [0.2, 0.25) is 5.02 Å². The van der Waals surface area contributed by atoms with Crippen molar-refractivity contribution in [3.63, 3.8) is 0 Å². The molecule has 0 saturated heterocycles. The van der Waals surface area contributed by atoms with E-state index in [9.17, 15) is 21.6 Å². The van der Waals surface area contributed by atoms with Gasteiger partial charge in [-0.1, -0.05) is 23.7 Å². The molecule has 0 amide bonds. The van der Waals surface area contributed by atoms with Crippen LogP contribution in [0.4, 0.5) is 13.2 Å². The molecule has 2 rings (SSSR count). The number of hydrogen-bond acceptors (Lipinski definition) is 4. The molecule has 0 bridgehead atoms. The van der Waals surface area contributed by atoms with Gasteiger partial charge in [-0.2, -0.15) is 13.1 Å². The highest BCUT2D eigenvalue weighted by Crippen LogP contribution is 2.31. The minimum Gasteiger partial charge on any atom is -0.493 e. The van der Waals surface area contributed by atoms with E-state index in [1.807, 2.05) is 0 Å². The van der Waals surface area contributed by atoms with Crippen molar-refractivity contribution >= 4 is 21.6 Å². The number of halogens is 4. The van der Waals surface area contributed by atoms with Crippen LogP contribution in [0.3, 0.4) is 0 Å². The van der Waals surface area contributed by atoms with Crippen LogP contribution in [0, 0.1) is 5.82 Å². The number of benzene rings is 2. The van der Waals surface area contributed by atoms with Gasteiger partial charge < -0.3 is 9.47 Å². The number of sulfonamides is 1. The van der Waals surface area contributed by atoms with Crippen LogP contribution in [-0.2, 0) is 16.6 Å². The Morgan fingerprint density at radius 2 is 1.88 bits per heavy atom. The van der Waals surface area contributed by atoms with Crippen LogP contribution in [-0.4, -0.2) is 33.5 Å². The summed E-state index contributed by atoms with van der Waals surface area (Å²) in [5.41, 5.74) is 0.428. The molecule has 0 heterocycles. The van der Waals surface area contributed by atoms with Gasteiger partial charge >= 0.3 is 6.61 Å². The van der Waals surface area contributed by atoms with E-state index in [4.69, 9.17) is 16.3 Å². The molecule has 0 aliphatic heterocycles. The van der Waals surface area contributed by atoms with Crippen LogP contribution in [0.1, 0.15) is 5.56 Å². The molecular formula is C16H15ClF3NO4S. The SMILES string of the molecule is COc1cc(CN(C)S(=O)(=O)c2cccc(Cl)c2F)ccc1OC(F)F. The normalized spacial score (nSPS) is 11.8. The van der Waals surface area contributed by atoms with Crippen LogP contribution in [0.15, 0.2) is 41.3 Å². The van der Waals surface area contributed by atoms with Crippen molar-refractivity contribution < 1.29 is 31.1 Å². The van der Waals surface area contributed by atoms with Crippen LogP contribution < -0.4 is 9.47 Å². The van der Waals surface area contributed by atoms with Gasteiger partial charge in [-0.05, 0) is 29.8 Å². The molecule has 0 aromatic heterocycles. The molecule has 0 saturated carbocycles. The zero-order chi connectivity index (χ0) is 19.5. The Bertz CT molecular complexity index is 893. The molecular weight excluding hydrogens is 395 g/mol. The summed E-state index contributed by atoms with van der Waals surface area (Å²) in [7, 11) is -1.64. The molecule has 26 heavy (non-hydrogen) atoms. The summed E-state index contributed by atoms with van der Waals surface area (Å²) in [6.45, 7) is -3.18. The first-order valence-corrected chi connectivity index (χ1v) is 9.00. The third kappa shape index (κ3) is 4.40. The first-order valence-electron chi connectivity index (χ1n) is 7.19. The van der Waals surface area contributed by atoms with Crippen molar-refractivity contribution in [3.8, 4) is 11.5 Å². The summed E-state index contributed by atoms with van der Waals surface area (Å²) in [6, 6.07) is 7.67. The average molecular weight is 410 g/mol. The largest absolute Gasteiger partial charge is 0.493 e. The van der Waals surface area contributed by atoms with Gasteiger partial charge in [-0.15, -0.1) is 0 Å². The van der Waals surface area contributed by atoms with Gasteiger partial charge in [-0.3, -0.25) is 0 Å². The molecule has 0 spiro atoms. The third-order valence-corrected chi connectivity index (χ3v) is 5.57. The molecule has 5 nitrogen and oxygen atoms in total. The lowest BCUT2D eigenvalue weighted by atomic mass is 10.2. The molecule has 2 aromatic rings. The number of hydrogen-bond donors (Lipinski definition) is 0. The van der Waals surface area contributed by atoms with Gasteiger partial charge in [0.2, 0.25) is 10.0 Å². The van der Waals surface area contributed by atoms with Crippen molar-refractivity contribution in [2.75, 3.05) is 14.2 Å². The highest BCUT2D eigenvalue weighted by molar-refractivity contribution is 7.89. The Balaban J connectivity index is 2.28. The number of alkyl halides is 2. The first kappa shape index (κ1) is 20.3. The molecule has 0 aliphatic rings. The summed E-state index contributed by atoms with van der Waals surface area (Å²) >= 11 is 5.63. The van der Waals surface area contributed by atoms with Crippen molar-refractivity contribution in [2.45, 2.75) is 18.1 Å². The van der Waals surface area contributed by atoms with E-state index in [0.717, 1.165) is 10.4 Å². The number of methoxy groups -OCH3 is 1. The molecule has 0 fully saturated rings. The standard InChI is InChI=1S/C16H15ClF3NO4S/c1-21(26(22,23)14-5-3-4-11(17)15(14)18)9-10-6-7-12(25-16(19)20)13(8-10)24-2/h3-8,16H,9H2,1-2H3. The molecule has 0 radical (unpaired) electrons. The maximum atomic E-state index is 14.0. The highest BCUT2D eigenvalue weighted by Gasteiger charge is 2.26. The van der Waals surface area contributed by atoms with Gasteiger partial charge in [0, 0.05) is 13.6 Å². The lowest BCUT2D eigenvalue weighted by Crippen LogP contribution is -2.27. The lowest BCUT2D eigenvalue weighted by molar-refractivity contribution is -0.0512. The van der Waals surface area contributed by atoms with E-state index in [1.54, 1.807) is 0 Å². The molecule has 142 valence electrons. The van der Waals surface area contributed by atoms with Crippen molar-refractivity contribution in [3.05, 3.63) is 52.8 Å². The third-order valence-electron chi connectivity index (χ3n) is 3.45. The van der Waals surface area contributed by atoms with Crippen molar-refractivity contribution in [2.24, 2.45) is 0 Å². The van der Waals surface area contributed by atoms with Gasteiger partial charge in [-0.25, -0.2) is 12.8 Å². The molecule has 10 heteroatoms. The summed E-state index contributed by atoms with van der Waals surface area (Å²) in [4.78, 5) is -0.558. The van der Waals surface area contributed by atoms with Gasteiger partial charge in [0.25, 0.3) is 0 Å². The maximum absolute atomic E-state index is 14.0. The van der Waals surface area contributed by atoms with E-state index in [0.29, 0.717) is 5.56 Å². The van der Waals surface area contributed by atoms with E-state index >= 15 is 0 Å². The van der Waals surface area contributed by atoms with Crippen LogP contribution in [0.5, 0.6) is 11.5 Å². The smallest absolute Gasteiger partial charge is 0.387 e. The van der Waals surface area contributed by atoms with E-state index in [-0.39, 0.29) is 23.1 Å². The average Bonchev–Trinajstić information content (AvgIpc) is 2.57. The minimum atomic E-state index is -4.16. The van der Waals surface area contributed by atoms with E-state index in [2.05, 4.69) is 4.74 Å². The summed E-state index contributed by atoms with van der Waals surface area (Å²) in [6.07, 6.45) is 0. The molecule has 0 unspecified atom stereocenters. The van der Waals surface area contributed by atoms with Crippen LogP contribution >= 0.6 is 11.6 Å². The second-order valence-corrected chi connectivity index (χ2v) is 7.60. The summed E-state index contributed by atoms with van der Waals surface area (Å²) in [5.74, 6) is -1.21. The molecule has 0 atom stereocenters. The fourth-order valence-electron chi connectivity index (χ4n) is 2.20. The predicted molar refractivity (Wildman–Crippen MR) is 89.7 cm³/mol. The first-order chi connectivity index (χ1) is 12.2. The monoisotopic (exact) mass is 409 g/mol. The van der Waals surface area contributed by atoms with Crippen molar-refractivity contribution in [1.29, 1.82) is 0 Å². The van der Waals surface area contributed by atoms with Gasteiger partial charge in [0.15, 0.2) is 17.3 Å². The topological polar surface area (TPSA) is 55.8 Å². The van der Waals surface area contributed by atoms with E-state index < -0.39 is 27.3 Å². The maximum Gasteiger partial charge on any atom is 0.387 e. The summed E-state index contributed by atoms with van der Waals surface area (Å²) < 4.78 is 74.0. The second-order valence-electron chi connectivity index (χ2n) is 5.18. The fraction of sp³-hybridized carbons (Fsp3) is 0.250. The number of nitrogens with zero attached hydrogens (tertiary/aromatic N) is 1. The molecule has 2 aromatic carbocycles. The Morgan fingerprint density at radius 1 is 1.19 bits per heavy atom. The zero-order valence-corrected chi connectivity index (χ0v) is 15.3. The summed E-state index contributed by atoms with van der Waals surface area (Å²) in [5, 5.41) is -0.311. The Hall–Kier alpha value is -1.97. The highest BCUT2D eigenvalue weighted by atomic mass is 35.5. The van der Waals surface area contributed by atoms with Crippen molar-refractivity contribution in [1.82, 2.24) is 4.31 Å². The molecule has 0 N–H and O–H groups in total.